The molecule has 0 aliphatic rings. The van der Waals surface area contributed by atoms with Crippen LogP contribution in [-0.2, 0) is 6.18 Å². The lowest BCUT2D eigenvalue weighted by molar-refractivity contribution is -0.137. The number of halogens is 3. The van der Waals surface area contributed by atoms with Crippen LogP contribution in [0.25, 0.3) is 11.1 Å². The van der Waals surface area contributed by atoms with E-state index in [2.05, 4.69) is 0 Å². The number of carboxylic acids is 1. The number of alkyl halides is 3. The van der Waals surface area contributed by atoms with Gasteiger partial charge in [0.05, 0.1) is 11.1 Å². The Bertz CT molecular complexity index is 703. The van der Waals surface area contributed by atoms with E-state index in [1.807, 2.05) is 0 Å². The van der Waals surface area contributed by atoms with Crippen LogP contribution in [0.5, 0.6) is 0 Å². The Morgan fingerprint density at radius 1 is 0.905 bits per heavy atom. The van der Waals surface area contributed by atoms with Gasteiger partial charge >= 0.3 is 12.1 Å². The minimum atomic E-state index is -4.43. The summed E-state index contributed by atoms with van der Waals surface area (Å²) in [5.41, 5.74) is 1.28. The van der Waals surface area contributed by atoms with E-state index in [0.29, 0.717) is 22.3 Å². The van der Waals surface area contributed by atoms with Crippen LogP contribution >= 0.6 is 0 Å². The lowest BCUT2D eigenvalue weighted by Crippen LogP contribution is -2.05. The summed E-state index contributed by atoms with van der Waals surface area (Å²) < 4.78 is 38.6. The summed E-state index contributed by atoms with van der Waals surface area (Å²) in [6.07, 6.45) is -4.43. The molecule has 0 unspecified atom stereocenters. The van der Waals surface area contributed by atoms with Crippen molar-refractivity contribution in [2.45, 2.75) is 20.0 Å². The summed E-state index contributed by atoms with van der Waals surface area (Å²) in [5, 5.41) is 9.04. The molecule has 2 nitrogen and oxygen atoms in total. The topological polar surface area (TPSA) is 37.3 Å². The predicted octanol–water partition coefficient (Wildman–Crippen LogP) is 4.69. The normalized spacial score (nSPS) is 11.5. The van der Waals surface area contributed by atoms with Crippen LogP contribution < -0.4 is 0 Å². The number of benzene rings is 2. The molecule has 2 rings (SSSR count). The first kappa shape index (κ1) is 15.1. The van der Waals surface area contributed by atoms with E-state index >= 15 is 0 Å². The summed E-state index contributed by atoms with van der Waals surface area (Å²) in [5.74, 6) is -1.11. The van der Waals surface area contributed by atoms with Gasteiger partial charge in [0.1, 0.15) is 0 Å². The van der Waals surface area contributed by atoms with Gasteiger partial charge in [0.25, 0.3) is 0 Å². The van der Waals surface area contributed by atoms with Gasteiger partial charge in [0, 0.05) is 0 Å². The maximum atomic E-state index is 12.9. The molecule has 0 heterocycles. The van der Waals surface area contributed by atoms with Crippen LogP contribution in [0.3, 0.4) is 0 Å². The van der Waals surface area contributed by atoms with Crippen molar-refractivity contribution < 1.29 is 23.1 Å². The van der Waals surface area contributed by atoms with Crippen molar-refractivity contribution in [2.24, 2.45) is 0 Å². The number of aromatic carboxylic acids is 1. The molecule has 1 N–H and O–H groups in total. The first-order valence-electron chi connectivity index (χ1n) is 6.21. The molecule has 0 bridgehead atoms. The maximum Gasteiger partial charge on any atom is 0.416 e. The number of rotatable bonds is 2. The van der Waals surface area contributed by atoms with E-state index in [1.54, 1.807) is 26.0 Å². The van der Waals surface area contributed by atoms with Gasteiger partial charge in [0.15, 0.2) is 0 Å². The largest absolute Gasteiger partial charge is 0.478 e. The van der Waals surface area contributed by atoms with Crippen molar-refractivity contribution in [1.29, 1.82) is 0 Å². The smallest absolute Gasteiger partial charge is 0.416 e. The van der Waals surface area contributed by atoms with Crippen molar-refractivity contribution in [2.75, 3.05) is 0 Å². The van der Waals surface area contributed by atoms with Gasteiger partial charge in [-0.2, -0.15) is 13.2 Å². The predicted molar refractivity (Wildman–Crippen MR) is 73.3 cm³/mol. The van der Waals surface area contributed by atoms with Crippen molar-refractivity contribution in [1.82, 2.24) is 0 Å². The summed E-state index contributed by atoms with van der Waals surface area (Å²) in [7, 11) is 0. The fourth-order valence-corrected chi connectivity index (χ4v) is 2.19. The minimum Gasteiger partial charge on any atom is -0.478 e. The van der Waals surface area contributed by atoms with Gasteiger partial charge in [-0.3, -0.25) is 0 Å². The Kier molecular flexibility index (Phi) is 3.77. The second kappa shape index (κ2) is 5.24. The third kappa shape index (κ3) is 3.42. The SMILES string of the molecule is Cc1cc(C(=O)O)cc(-c2cc(C)cc(C(F)(F)F)c2)c1. The fraction of sp³-hybridized carbons (Fsp3) is 0.188. The van der Waals surface area contributed by atoms with E-state index in [0.717, 1.165) is 12.1 Å². The van der Waals surface area contributed by atoms with Crippen molar-refractivity contribution in [3.63, 3.8) is 0 Å². The van der Waals surface area contributed by atoms with Gasteiger partial charge in [-0.1, -0.05) is 12.1 Å². The lowest BCUT2D eigenvalue weighted by atomic mass is 9.97. The highest BCUT2D eigenvalue weighted by atomic mass is 19.4. The van der Waals surface area contributed by atoms with Gasteiger partial charge in [-0.25, -0.2) is 4.79 Å². The minimum absolute atomic E-state index is 0.0556. The average Bonchev–Trinajstić information content (AvgIpc) is 2.36. The van der Waals surface area contributed by atoms with E-state index < -0.39 is 17.7 Å². The Balaban J connectivity index is 2.62. The molecule has 0 radical (unpaired) electrons. The van der Waals surface area contributed by atoms with Gasteiger partial charge in [-0.15, -0.1) is 0 Å². The third-order valence-electron chi connectivity index (χ3n) is 3.06. The molecule has 0 amide bonds. The van der Waals surface area contributed by atoms with Crippen LogP contribution in [0, 0.1) is 13.8 Å². The molecule has 5 heteroatoms. The van der Waals surface area contributed by atoms with Gasteiger partial charge < -0.3 is 5.11 Å². The molecule has 2 aromatic rings. The third-order valence-corrected chi connectivity index (χ3v) is 3.06. The molecule has 0 aliphatic carbocycles. The summed E-state index contributed by atoms with van der Waals surface area (Å²) in [6, 6.07) is 8.23. The van der Waals surface area contributed by atoms with E-state index in [-0.39, 0.29) is 5.56 Å². The van der Waals surface area contributed by atoms with E-state index in [1.165, 1.54) is 12.1 Å². The number of carbonyl (C=O) groups is 1. The maximum absolute atomic E-state index is 12.9. The Morgan fingerprint density at radius 3 is 1.95 bits per heavy atom. The summed E-state index contributed by atoms with van der Waals surface area (Å²) in [4.78, 5) is 11.0. The molecule has 0 aromatic heterocycles. The lowest BCUT2D eigenvalue weighted by Gasteiger charge is -2.12. The molecular weight excluding hydrogens is 281 g/mol. The van der Waals surface area contributed by atoms with Crippen LogP contribution in [0.2, 0.25) is 0 Å². The number of carboxylic acid groups (broad SMARTS) is 1. The van der Waals surface area contributed by atoms with Crippen LogP contribution in [-0.4, -0.2) is 11.1 Å². The van der Waals surface area contributed by atoms with E-state index in [9.17, 15) is 18.0 Å². The summed E-state index contributed by atoms with van der Waals surface area (Å²) >= 11 is 0. The van der Waals surface area contributed by atoms with Crippen molar-refractivity contribution in [3.8, 4) is 11.1 Å². The molecule has 0 aliphatic heterocycles. The van der Waals surface area contributed by atoms with Crippen molar-refractivity contribution >= 4 is 5.97 Å². The fourth-order valence-electron chi connectivity index (χ4n) is 2.19. The molecular formula is C16H13F3O2. The molecule has 2 aromatic carbocycles. The average molecular weight is 294 g/mol. The zero-order valence-corrected chi connectivity index (χ0v) is 11.5. The number of aryl methyl sites for hydroxylation is 2. The second-order valence-corrected chi connectivity index (χ2v) is 4.98. The van der Waals surface area contributed by atoms with E-state index in [4.69, 9.17) is 5.11 Å². The molecule has 0 saturated heterocycles. The van der Waals surface area contributed by atoms with Gasteiger partial charge in [-0.05, 0) is 60.4 Å². The first-order chi connectivity index (χ1) is 9.66. The molecule has 0 atom stereocenters. The molecule has 110 valence electrons. The number of hydrogen-bond acceptors (Lipinski definition) is 1. The second-order valence-electron chi connectivity index (χ2n) is 4.98. The van der Waals surface area contributed by atoms with Crippen LogP contribution in [0.15, 0.2) is 36.4 Å². The molecule has 0 fully saturated rings. The highest BCUT2D eigenvalue weighted by Crippen LogP contribution is 2.33. The monoisotopic (exact) mass is 294 g/mol. The molecule has 0 spiro atoms. The zero-order valence-electron chi connectivity index (χ0n) is 11.5. The Morgan fingerprint density at radius 2 is 1.43 bits per heavy atom. The first-order valence-corrected chi connectivity index (χ1v) is 6.21. The molecule has 0 saturated carbocycles. The quantitative estimate of drug-likeness (QED) is 0.872. The highest BCUT2D eigenvalue weighted by Gasteiger charge is 2.31. The molecule has 21 heavy (non-hydrogen) atoms. The number of hydrogen-bond donors (Lipinski definition) is 1. The Hall–Kier alpha value is -2.30. The Labute approximate surface area is 119 Å². The highest BCUT2D eigenvalue weighted by molar-refractivity contribution is 5.89. The van der Waals surface area contributed by atoms with Crippen molar-refractivity contribution in [3.05, 3.63) is 58.7 Å². The zero-order chi connectivity index (χ0) is 15.8. The van der Waals surface area contributed by atoms with Gasteiger partial charge in [0.2, 0.25) is 0 Å². The standard InChI is InChI=1S/C16H13F3O2/c1-9-3-11(7-13(5-9)15(20)21)12-4-10(2)6-14(8-12)16(17,18)19/h3-8H,1-2H3,(H,20,21). The summed E-state index contributed by atoms with van der Waals surface area (Å²) in [6.45, 7) is 3.28. The van der Waals surface area contributed by atoms with Crippen LogP contribution in [0.1, 0.15) is 27.0 Å². The van der Waals surface area contributed by atoms with Crippen LogP contribution in [0.4, 0.5) is 13.2 Å².